The van der Waals surface area contributed by atoms with E-state index in [1.165, 1.54) is 0 Å². The normalized spacial score (nSPS) is 14.6. The predicted octanol–water partition coefficient (Wildman–Crippen LogP) is 1.22. The minimum atomic E-state index is -0.222. The third-order valence-corrected chi connectivity index (χ3v) is 4.59. The molecule has 2 heterocycles. The van der Waals surface area contributed by atoms with Crippen molar-refractivity contribution in [2.75, 3.05) is 37.6 Å². The third kappa shape index (κ3) is 3.87. The van der Waals surface area contributed by atoms with E-state index in [2.05, 4.69) is 15.2 Å². The fraction of sp³-hybridized carbons (Fsp3) is 0.312. The van der Waals surface area contributed by atoms with E-state index < -0.39 is 0 Å². The number of carbonyl (C=O) groups excluding carboxylic acids is 2. The molecule has 0 bridgehead atoms. The zero-order chi connectivity index (χ0) is 16.1. The summed E-state index contributed by atoms with van der Waals surface area (Å²) in [4.78, 5) is 32.4. The number of benzene rings is 1. The molecule has 0 spiro atoms. The molecule has 1 aliphatic heterocycles. The second-order valence-electron chi connectivity index (χ2n) is 5.23. The molecule has 7 heteroatoms. The van der Waals surface area contributed by atoms with Crippen LogP contribution in [0, 0.1) is 0 Å². The standard InChI is InChI=1S/C16H18N4O2S/c21-14(12-18-15(22)13-4-2-1-3-5-13)19-7-9-20(10-8-19)16-17-6-11-23-16/h1-6,11H,7-10,12H2,(H,18,22). The van der Waals surface area contributed by atoms with Gasteiger partial charge in [0.25, 0.3) is 5.91 Å². The molecule has 23 heavy (non-hydrogen) atoms. The molecule has 120 valence electrons. The van der Waals surface area contributed by atoms with E-state index in [-0.39, 0.29) is 18.4 Å². The Kier molecular flexibility index (Phi) is 4.87. The van der Waals surface area contributed by atoms with Gasteiger partial charge in [0.2, 0.25) is 5.91 Å². The maximum absolute atomic E-state index is 12.2. The van der Waals surface area contributed by atoms with Crippen LogP contribution in [-0.2, 0) is 4.79 Å². The zero-order valence-electron chi connectivity index (χ0n) is 12.6. The first-order valence-corrected chi connectivity index (χ1v) is 8.37. The molecular weight excluding hydrogens is 312 g/mol. The number of anilines is 1. The van der Waals surface area contributed by atoms with Crippen molar-refractivity contribution in [3.8, 4) is 0 Å². The van der Waals surface area contributed by atoms with Crippen LogP contribution in [0.25, 0.3) is 0 Å². The number of piperazine rings is 1. The van der Waals surface area contributed by atoms with Gasteiger partial charge in [-0.3, -0.25) is 9.59 Å². The van der Waals surface area contributed by atoms with Crippen LogP contribution < -0.4 is 10.2 Å². The number of hydrogen-bond acceptors (Lipinski definition) is 5. The maximum Gasteiger partial charge on any atom is 0.251 e. The van der Waals surface area contributed by atoms with Gasteiger partial charge >= 0.3 is 0 Å². The molecule has 1 fully saturated rings. The Morgan fingerprint density at radius 1 is 1.13 bits per heavy atom. The van der Waals surface area contributed by atoms with E-state index in [1.807, 2.05) is 11.4 Å². The van der Waals surface area contributed by atoms with Gasteiger partial charge < -0.3 is 15.1 Å². The van der Waals surface area contributed by atoms with E-state index in [9.17, 15) is 9.59 Å². The van der Waals surface area contributed by atoms with Crippen LogP contribution in [0.3, 0.4) is 0 Å². The Hall–Kier alpha value is -2.41. The topological polar surface area (TPSA) is 65.5 Å². The van der Waals surface area contributed by atoms with Crippen molar-refractivity contribution in [3.63, 3.8) is 0 Å². The van der Waals surface area contributed by atoms with Gasteiger partial charge in [-0.05, 0) is 12.1 Å². The summed E-state index contributed by atoms with van der Waals surface area (Å²) in [6.45, 7) is 2.88. The number of hydrogen-bond donors (Lipinski definition) is 1. The highest BCUT2D eigenvalue weighted by Gasteiger charge is 2.22. The van der Waals surface area contributed by atoms with E-state index in [0.717, 1.165) is 18.2 Å². The Labute approximate surface area is 138 Å². The lowest BCUT2D eigenvalue weighted by Gasteiger charge is -2.34. The molecule has 0 atom stereocenters. The third-order valence-electron chi connectivity index (χ3n) is 3.76. The van der Waals surface area contributed by atoms with Crippen molar-refractivity contribution >= 4 is 28.3 Å². The van der Waals surface area contributed by atoms with Crippen LogP contribution in [0.4, 0.5) is 5.13 Å². The summed E-state index contributed by atoms with van der Waals surface area (Å²) in [6.07, 6.45) is 1.79. The van der Waals surface area contributed by atoms with Gasteiger partial charge in [-0.15, -0.1) is 11.3 Å². The molecule has 2 amide bonds. The summed E-state index contributed by atoms with van der Waals surface area (Å²) >= 11 is 1.61. The first-order chi connectivity index (χ1) is 11.2. The highest BCUT2D eigenvalue weighted by atomic mass is 32.1. The van der Waals surface area contributed by atoms with Crippen molar-refractivity contribution in [2.45, 2.75) is 0 Å². The Morgan fingerprint density at radius 2 is 1.87 bits per heavy atom. The van der Waals surface area contributed by atoms with Gasteiger partial charge in [-0.1, -0.05) is 18.2 Å². The van der Waals surface area contributed by atoms with Crippen molar-refractivity contribution in [3.05, 3.63) is 47.5 Å². The van der Waals surface area contributed by atoms with Gasteiger partial charge in [-0.25, -0.2) is 4.98 Å². The van der Waals surface area contributed by atoms with Crippen LogP contribution in [0.2, 0.25) is 0 Å². The quantitative estimate of drug-likeness (QED) is 0.915. The molecule has 0 aliphatic carbocycles. The van der Waals surface area contributed by atoms with E-state index in [1.54, 1.807) is 46.7 Å². The highest BCUT2D eigenvalue weighted by Crippen LogP contribution is 2.18. The first kappa shape index (κ1) is 15.5. The Balaban J connectivity index is 1.45. The molecule has 0 unspecified atom stereocenters. The number of rotatable bonds is 4. The first-order valence-electron chi connectivity index (χ1n) is 7.49. The fourth-order valence-corrected chi connectivity index (χ4v) is 3.18. The predicted molar refractivity (Wildman–Crippen MR) is 89.7 cm³/mol. The summed E-state index contributed by atoms with van der Waals surface area (Å²) in [5.41, 5.74) is 0.564. The van der Waals surface area contributed by atoms with Gasteiger partial charge in [0.15, 0.2) is 5.13 Å². The molecule has 1 aromatic heterocycles. The van der Waals surface area contributed by atoms with Crippen molar-refractivity contribution in [1.29, 1.82) is 0 Å². The molecule has 3 rings (SSSR count). The molecule has 1 N–H and O–H groups in total. The number of aromatic nitrogens is 1. The molecule has 0 saturated carbocycles. The number of thiazole rings is 1. The second-order valence-corrected chi connectivity index (χ2v) is 6.10. The second kappa shape index (κ2) is 7.23. The number of nitrogens with zero attached hydrogens (tertiary/aromatic N) is 3. The lowest BCUT2D eigenvalue weighted by molar-refractivity contribution is -0.130. The molecule has 1 saturated heterocycles. The number of nitrogens with one attached hydrogen (secondary N) is 1. The van der Waals surface area contributed by atoms with Gasteiger partial charge in [0, 0.05) is 43.3 Å². The number of amides is 2. The SMILES string of the molecule is O=C(NCC(=O)N1CCN(c2nccs2)CC1)c1ccccc1. The smallest absolute Gasteiger partial charge is 0.251 e. The van der Waals surface area contributed by atoms with E-state index >= 15 is 0 Å². The van der Waals surface area contributed by atoms with E-state index in [0.29, 0.717) is 18.7 Å². The lowest BCUT2D eigenvalue weighted by atomic mass is 10.2. The van der Waals surface area contributed by atoms with Crippen LogP contribution in [-0.4, -0.2) is 54.4 Å². The minimum Gasteiger partial charge on any atom is -0.345 e. The van der Waals surface area contributed by atoms with Crippen LogP contribution in [0.1, 0.15) is 10.4 Å². The number of carbonyl (C=O) groups is 2. The largest absolute Gasteiger partial charge is 0.345 e. The minimum absolute atomic E-state index is 0.0327. The van der Waals surface area contributed by atoms with Crippen LogP contribution in [0.5, 0.6) is 0 Å². The molecule has 1 aliphatic rings. The zero-order valence-corrected chi connectivity index (χ0v) is 13.5. The molecule has 1 aromatic carbocycles. The van der Waals surface area contributed by atoms with Crippen molar-refractivity contribution < 1.29 is 9.59 Å². The van der Waals surface area contributed by atoms with Gasteiger partial charge in [-0.2, -0.15) is 0 Å². The molecular formula is C16H18N4O2S. The van der Waals surface area contributed by atoms with Crippen LogP contribution >= 0.6 is 11.3 Å². The molecule has 2 aromatic rings. The average molecular weight is 330 g/mol. The van der Waals surface area contributed by atoms with Crippen molar-refractivity contribution in [2.24, 2.45) is 0 Å². The summed E-state index contributed by atoms with van der Waals surface area (Å²) in [5.74, 6) is -0.270. The molecule has 0 radical (unpaired) electrons. The highest BCUT2D eigenvalue weighted by molar-refractivity contribution is 7.13. The molecule has 6 nitrogen and oxygen atoms in total. The summed E-state index contributed by atoms with van der Waals surface area (Å²) in [6, 6.07) is 8.91. The van der Waals surface area contributed by atoms with E-state index in [4.69, 9.17) is 0 Å². The summed E-state index contributed by atoms with van der Waals surface area (Å²) in [5, 5.41) is 5.63. The van der Waals surface area contributed by atoms with Gasteiger partial charge in [0.1, 0.15) is 0 Å². The van der Waals surface area contributed by atoms with Gasteiger partial charge in [0.05, 0.1) is 6.54 Å². The maximum atomic E-state index is 12.2. The fourth-order valence-electron chi connectivity index (χ4n) is 2.48. The average Bonchev–Trinajstić information content (AvgIpc) is 3.15. The monoisotopic (exact) mass is 330 g/mol. The lowest BCUT2D eigenvalue weighted by Crippen LogP contribution is -2.51. The summed E-state index contributed by atoms with van der Waals surface area (Å²) in [7, 11) is 0. The Morgan fingerprint density at radius 3 is 2.52 bits per heavy atom. The Bertz CT molecular complexity index is 652. The van der Waals surface area contributed by atoms with Crippen molar-refractivity contribution in [1.82, 2.24) is 15.2 Å². The summed E-state index contributed by atoms with van der Waals surface area (Å²) < 4.78 is 0. The van der Waals surface area contributed by atoms with Crippen LogP contribution in [0.15, 0.2) is 41.9 Å².